The van der Waals surface area contributed by atoms with Crippen LogP contribution in [0.5, 0.6) is 0 Å². The molecule has 2 N–H and O–H groups in total. The van der Waals surface area contributed by atoms with Gasteiger partial charge in [-0.1, -0.05) is 32.9 Å². The second kappa shape index (κ2) is 3.91. The minimum atomic E-state index is 0.123. The van der Waals surface area contributed by atoms with Crippen molar-refractivity contribution in [1.82, 2.24) is 4.98 Å². The number of nitrogens with two attached hydrogens (primary N) is 1. The standard InChI is InChI=1S/C14H18N2O/c1-9-5-6-10(14(2,3)4)7-11(9)12-8-17-13(15)16-12/h5-8H,1-4H3,(H2,15,16). The second-order valence-electron chi connectivity index (χ2n) is 5.35. The monoisotopic (exact) mass is 230 g/mol. The first-order valence-corrected chi connectivity index (χ1v) is 5.70. The van der Waals surface area contributed by atoms with Gasteiger partial charge in [-0.2, -0.15) is 4.98 Å². The molecule has 0 atom stereocenters. The summed E-state index contributed by atoms with van der Waals surface area (Å²) in [6.45, 7) is 8.64. The molecule has 17 heavy (non-hydrogen) atoms. The lowest BCUT2D eigenvalue weighted by Crippen LogP contribution is -2.11. The van der Waals surface area contributed by atoms with E-state index in [0.717, 1.165) is 11.3 Å². The molecule has 0 amide bonds. The number of anilines is 1. The van der Waals surface area contributed by atoms with E-state index in [1.807, 2.05) is 0 Å². The summed E-state index contributed by atoms with van der Waals surface area (Å²) in [5.41, 5.74) is 9.96. The lowest BCUT2D eigenvalue weighted by atomic mass is 9.85. The fraction of sp³-hybridized carbons (Fsp3) is 0.357. The molecule has 0 bridgehead atoms. The Morgan fingerprint density at radius 2 is 1.94 bits per heavy atom. The van der Waals surface area contributed by atoms with Crippen LogP contribution in [0.4, 0.5) is 6.01 Å². The van der Waals surface area contributed by atoms with Crippen LogP contribution in [-0.2, 0) is 5.41 Å². The summed E-state index contributed by atoms with van der Waals surface area (Å²) in [5.74, 6) is 0. The number of aryl methyl sites for hydroxylation is 1. The van der Waals surface area contributed by atoms with Crippen LogP contribution in [0.15, 0.2) is 28.9 Å². The van der Waals surface area contributed by atoms with Crippen LogP contribution in [0.1, 0.15) is 31.9 Å². The first-order valence-electron chi connectivity index (χ1n) is 5.70. The number of oxazole rings is 1. The second-order valence-corrected chi connectivity index (χ2v) is 5.35. The summed E-state index contributed by atoms with van der Waals surface area (Å²) in [5, 5.41) is 0. The van der Waals surface area contributed by atoms with Crippen LogP contribution in [0.3, 0.4) is 0 Å². The van der Waals surface area contributed by atoms with Crippen LogP contribution in [0.2, 0.25) is 0 Å². The quantitative estimate of drug-likeness (QED) is 0.815. The van der Waals surface area contributed by atoms with E-state index in [9.17, 15) is 0 Å². The summed E-state index contributed by atoms with van der Waals surface area (Å²) < 4.78 is 5.07. The molecular formula is C14H18N2O. The Morgan fingerprint density at radius 1 is 1.24 bits per heavy atom. The first kappa shape index (κ1) is 11.7. The normalized spacial score (nSPS) is 11.8. The Kier molecular flexibility index (Phi) is 2.69. The van der Waals surface area contributed by atoms with Gasteiger partial charge in [-0.05, 0) is 29.5 Å². The molecule has 0 aliphatic rings. The van der Waals surface area contributed by atoms with E-state index in [-0.39, 0.29) is 11.4 Å². The summed E-state index contributed by atoms with van der Waals surface area (Å²) in [7, 11) is 0. The molecule has 2 rings (SSSR count). The first-order chi connectivity index (χ1) is 7.88. The molecule has 3 nitrogen and oxygen atoms in total. The van der Waals surface area contributed by atoms with E-state index in [0.29, 0.717) is 0 Å². The maximum atomic E-state index is 5.51. The van der Waals surface area contributed by atoms with E-state index < -0.39 is 0 Å². The Balaban J connectivity index is 2.54. The van der Waals surface area contributed by atoms with Crippen molar-refractivity contribution < 1.29 is 4.42 Å². The van der Waals surface area contributed by atoms with Gasteiger partial charge in [0.05, 0.1) is 0 Å². The van der Waals surface area contributed by atoms with Crippen molar-refractivity contribution in [1.29, 1.82) is 0 Å². The van der Waals surface area contributed by atoms with Gasteiger partial charge in [-0.15, -0.1) is 0 Å². The van der Waals surface area contributed by atoms with Crippen LogP contribution < -0.4 is 5.73 Å². The summed E-state index contributed by atoms with van der Waals surface area (Å²) in [6.07, 6.45) is 1.60. The molecule has 0 aliphatic carbocycles. The molecule has 0 spiro atoms. The fourth-order valence-electron chi connectivity index (χ4n) is 1.78. The molecular weight excluding hydrogens is 212 g/mol. The molecule has 0 radical (unpaired) electrons. The SMILES string of the molecule is Cc1ccc(C(C)(C)C)cc1-c1coc(N)n1. The number of nitrogens with zero attached hydrogens (tertiary/aromatic N) is 1. The van der Waals surface area contributed by atoms with Crippen LogP contribution in [0, 0.1) is 6.92 Å². The smallest absolute Gasteiger partial charge is 0.292 e. The van der Waals surface area contributed by atoms with Gasteiger partial charge in [-0.25, -0.2) is 0 Å². The predicted octanol–water partition coefficient (Wildman–Crippen LogP) is 3.53. The van der Waals surface area contributed by atoms with Gasteiger partial charge in [0.25, 0.3) is 6.01 Å². The number of hydrogen-bond acceptors (Lipinski definition) is 3. The average molecular weight is 230 g/mol. The summed E-state index contributed by atoms with van der Waals surface area (Å²) in [6, 6.07) is 6.64. The number of hydrogen-bond donors (Lipinski definition) is 1. The lowest BCUT2D eigenvalue weighted by Gasteiger charge is -2.20. The van der Waals surface area contributed by atoms with Gasteiger partial charge in [0.2, 0.25) is 0 Å². The number of rotatable bonds is 1. The number of aromatic nitrogens is 1. The van der Waals surface area contributed by atoms with E-state index in [2.05, 4.69) is 50.9 Å². The molecule has 1 heterocycles. The highest BCUT2D eigenvalue weighted by Gasteiger charge is 2.16. The van der Waals surface area contributed by atoms with Crippen molar-refractivity contribution in [3.63, 3.8) is 0 Å². The molecule has 0 unspecified atom stereocenters. The molecule has 2 aromatic rings. The summed E-state index contributed by atoms with van der Waals surface area (Å²) in [4.78, 5) is 4.18. The zero-order valence-corrected chi connectivity index (χ0v) is 10.7. The molecule has 0 fully saturated rings. The molecule has 1 aromatic carbocycles. The van der Waals surface area contributed by atoms with Gasteiger partial charge in [0.15, 0.2) is 0 Å². The Hall–Kier alpha value is -1.77. The van der Waals surface area contributed by atoms with Crippen molar-refractivity contribution in [2.24, 2.45) is 0 Å². The molecule has 3 heteroatoms. The lowest BCUT2D eigenvalue weighted by molar-refractivity contribution is 0.580. The third-order valence-corrected chi connectivity index (χ3v) is 2.90. The highest BCUT2D eigenvalue weighted by Crippen LogP contribution is 2.29. The van der Waals surface area contributed by atoms with E-state index in [1.165, 1.54) is 11.1 Å². The molecule has 90 valence electrons. The van der Waals surface area contributed by atoms with E-state index in [1.54, 1.807) is 6.26 Å². The van der Waals surface area contributed by atoms with Gasteiger partial charge in [0.1, 0.15) is 12.0 Å². The van der Waals surface area contributed by atoms with Crippen molar-refractivity contribution in [2.45, 2.75) is 33.1 Å². The largest absolute Gasteiger partial charge is 0.432 e. The van der Waals surface area contributed by atoms with E-state index in [4.69, 9.17) is 10.2 Å². The predicted molar refractivity (Wildman–Crippen MR) is 69.8 cm³/mol. The Morgan fingerprint density at radius 3 is 2.47 bits per heavy atom. The maximum absolute atomic E-state index is 5.51. The topological polar surface area (TPSA) is 52.0 Å². The van der Waals surface area contributed by atoms with Crippen molar-refractivity contribution in [3.8, 4) is 11.3 Å². The number of nitrogen functional groups attached to an aromatic ring is 1. The minimum Gasteiger partial charge on any atom is -0.432 e. The molecule has 1 aromatic heterocycles. The van der Waals surface area contributed by atoms with Gasteiger partial charge < -0.3 is 10.2 Å². The van der Waals surface area contributed by atoms with Crippen LogP contribution >= 0.6 is 0 Å². The highest BCUT2D eigenvalue weighted by molar-refractivity contribution is 5.64. The highest BCUT2D eigenvalue weighted by atomic mass is 16.4. The van der Waals surface area contributed by atoms with Gasteiger partial charge >= 0.3 is 0 Å². The van der Waals surface area contributed by atoms with Crippen molar-refractivity contribution in [2.75, 3.05) is 5.73 Å². The number of benzene rings is 1. The average Bonchev–Trinajstić information content (AvgIpc) is 2.63. The Labute approximate surface area is 102 Å². The molecule has 0 saturated carbocycles. The summed E-state index contributed by atoms with van der Waals surface area (Å²) >= 11 is 0. The minimum absolute atomic E-state index is 0.123. The van der Waals surface area contributed by atoms with Crippen molar-refractivity contribution in [3.05, 3.63) is 35.6 Å². The maximum Gasteiger partial charge on any atom is 0.292 e. The third-order valence-electron chi connectivity index (χ3n) is 2.90. The molecule has 0 saturated heterocycles. The van der Waals surface area contributed by atoms with Gasteiger partial charge in [0, 0.05) is 5.56 Å². The third kappa shape index (κ3) is 2.33. The van der Waals surface area contributed by atoms with Crippen LogP contribution in [0.25, 0.3) is 11.3 Å². The zero-order valence-electron chi connectivity index (χ0n) is 10.7. The fourth-order valence-corrected chi connectivity index (χ4v) is 1.78. The molecule has 0 aliphatic heterocycles. The van der Waals surface area contributed by atoms with Crippen molar-refractivity contribution >= 4 is 6.01 Å². The van der Waals surface area contributed by atoms with Crippen LogP contribution in [-0.4, -0.2) is 4.98 Å². The van der Waals surface area contributed by atoms with Gasteiger partial charge in [-0.3, -0.25) is 0 Å². The van der Waals surface area contributed by atoms with E-state index >= 15 is 0 Å². The Bertz CT molecular complexity index is 535. The zero-order chi connectivity index (χ0) is 12.6.